The van der Waals surface area contributed by atoms with Crippen LogP contribution in [0.25, 0.3) is 0 Å². The van der Waals surface area contributed by atoms with E-state index < -0.39 is 11.9 Å². The van der Waals surface area contributed by atoms with Crippen LogP contribution in [0.15, 0.2) is 30.3 Å². The number of unbranched alkanes of at least 4 members (excludes halogenated alkanes) is 5. The van der Waals surface area contributed by atoms with Gasteiger partial charge in [-0.15, -0.1) is 0 Å². The number of amides is 4. The monoisotopic (exact) mass is 550 g/mol. The highest BCUT2D eigenvalue weighted by atomic mass is 16.5. The third-order valence-corrected chi connectivity index (χ3v) is 5.89. The highest BCUT2D eigenvalue weighted by molar-refractivity contribution is 5.83. The van der Waals surface area contributed by atoms with Crippen LogP contribution < -0.4 is 10.6 Å². The Morgan fingerprint density at radius 2 is 1.10 bits per heavy atom. The summed E-state index contributed by atoms with van der Waals surface area (Å²) in [5.74, 6) is -2.49. The average Bonchev–Trinajstić information content (AvgIpc) is 2.92. The molecule has 0 spiro atoms. The van der Waals surface area contributed by atoms with E-state index in [4.69, 9.17) is 5.11 Å². The summed E-state index contributed by atoms with van der Waals surface area (Å²) in [4.78, 5) is 57.8. The van der Waals surface area contributed by atoms with Crippen LogP contribution in [0, 0.1) is 0 Å². The van der Waals surface area contributed by atoms with Gasteiger partial charge in [-0.25, -0.2) is 10.1 Å². The van der Waals surface area contributed by atoms with E-state index in [1.807, 2.05) is 30.3 Å². The molecule has 4 amide bonds. The van der Waals surface area contributed by atoms with Gasteiger partial charge in [-0.3, -0.25) is 34.4 Å². The number of carboxylic acid groups (broad SMARTS) is 1. The fourth-order valence-corrected chi connectivity index (χ4v) is 3.62. The molecule has 0 aliphatic rings. The molecule has 12 heteroatoms. The van der Waals surface area contributed by atoms with Gasteiger partial charge >= 0.3 is 5.97 Å². The lowest BCUT2D eigenvalue weighted by Gasteiger charge is -2.15. The molecular weight excluding hydrogens is 508 g/mol. The maximum atomic E-state index is 12.0. The SMILES string of the molecule is O=C(O)CCC(=O)NCCCCCCN(O)C(=O)CCC(=O)NCCCCCN(O)C(=O)Cc1ccccc1. The molecule has 0 fully saturated rings. The summed E-state index contributed by atoms with van der Waals surface area (Å²) in [6, 6.07) is 9.18. The summed E-state index contributed by atoms with van der Waals surface area (Å²) in [5.41, 5.74) is 0.833. The summed E-state index contributed by atoms with van der Waals surface area (Å²) in [7, 11) is 0. The molecule has 0 aliphatic heterocycles. The first-order valence-electron chi connectivity index (χ1n) is 13.5. The molecule has 0 aromatic heterocycles. The summed E-state index contributed by atoms with van der Waals surface area (Å²) in [6.45, 7) is 1.23. The van der Waals surface area contributed by atoms with Crippen LogP contribution in [0.5, 0.6) is 0 Å². The number of benzene rings is 1. The van der Waals surface area contributed by atoms with Crippen molar-refractivity contribution in [1.29, 1.82) is 0 Å². The van der Waals surface area contributed by atoms with Crippen LogP contribution in [-0.4, -0.2) is 81.4 Å². The smallest absolute Gasteiger partial charge is 0.303 e. The quantitative estimate of drug-likeness (QED) is 0.0879. The number of hydroxylamine groups is 4. The number of carboxylic acids is 1. The molecule has 0 radical (unpaired) electrons. The third kappa shape index (κ3) is 17.6. The van der Waals surface area contributed by atoms with Gasteiger partial charge in [0, 0.05) is 45.4 Å². The molecule has 39 heavy (non-hydrogen) atoms. The number of aliphatic carboxylic acids is 1. The van der Waals surface area contributed by atoms with Crippen LogP contribution in [0.4, 0.5) is 0 Å². The lowest BCUT2D eigenvalue weighted by atomic mass is 10.1. The van der Waals surface area contributed by atoms with E-state index in [2.05, 4.69) is 10.6 Å². The molecule has 0 atom stereocenters. The molecule has 5 N–H and O–H groups in total. The number of nitrogens with one attached hydrogen (secondary N) is 2. The number of hydrogen-bond donors (Lipinski definition) is 5. The number of carbonyl (C=O) groups excluding carboxylic acids is 4. The second kappa shape index (κ2) is 20.5. The topological polar surface area (TPSA) is 177 Å². The van der Waals surface area contributed by atoms with Crippen molar-refractivity contribution >= 4 is 29.6 Å². The first-order valence-corrected chi connectivity index (χ1v) is 13.5. The Bertz CT molecular complexity index is 897. The Morgan fingerprint density at radius 3 is 1.67 bits per heavy atom. The van der Waals surface area contributed by atoms with Crippen molar-refractivity contribution in [3.05, 3.63) is 35.9 Å². The summed E-state index contributed by atoms with van der Waals surface area (Å²) in [5, 5.41) is 35.0. The summed E-state index contributed by atoms with van der Waals surface area (Å²) >= 11 is 0. The zero-order chi connectivity index (χ0) is 28.9. The fraction of sp³-hybridized carbons (Fsp3) is 0.593. The average molecular weight is 551 g/mol. The van der Waals surface area contributed by atoms with Gasteiger partial charge in [0.2, 0.25) is 23.6 Å². The maximum absolute atomic E-state index is 12.0. The molecule has 1 rings (SSSR count). The van der Waals surface area contributed by atoms with Crippen LogP contribution in [0.1, 0.15) is 76.2 Å². The van der Waals surface area contributed by atoms with Crippen LogP contribution >= 0.6 is 0 Å². The molecular formula is C27H42N4O8. The Balaban J connectivity index is 1.99. The minimum atomic E-state index is -1.01. The normalized spacial score (nSPS) is 10.5. The van der Waals surface area contributed by atoms with Crippen molar-refractivity contribution in [2.24, 2.45) is 0 Å². The summed E-state index contributed by atoms with van der Waals surface area (Å²) < 4.78 is 0. The first kappa shape index (κ1) is 33.5. The number of carbonyl (C=O) groups is 5. The van der Waals surface area contributed by atoms with Crippen molar-refractivity contribution in [3.8, 4) is 0 Å². The van der Waals surface area contributed by atoms with E-state index in [1.54, 1.807) is 0 Å². The van der Waals surface area contributed by atoms with Crippen LogP contribution in [0.2, 0.25) is 0 Å². The van der Waals surface area contributed by atoms with Crippen molar-refractivity contribution in [2.45, 2.75) is 77.0 Å². The molecule has 0 unspecified atom stereocenters. The minimum absolute atomic E-state index is 0.0319. The molecule has 1 aromatic carbocycles. The summed E-state index contributed by atoms with van der Waals surface area (Å²) in [6.07, 6.45) is 4.53. The number of hydrogen-bond acceptors (Lipinski definition) is 7. The zero-order valence-electron chi connectivity index (χ0n) is 22.5. The van der Waals surface area contributed by atoms with Gasteiger partial charge in [0.1, 0.15) is 0 Å². The molecule has 0 aliphatic carbocycles. The Hall–Kier alpha value is -3.51. The standard InChI is InChI=1S/C27H42N4O8/c32-23(28-18-8-4-10-20-31(39)26(35)21-22-11-5-3-6-12-22)13-15-25(34)30(38)19-9-2-1-7-17-29-24(33)14-16-27(36)37/h3,5-6,11-12,38-39H,1-2,4,7-10,13-21H2,(H,28,32)(H,29,33)(H,36,37). The van der Waals surface area contributed by atoms with Gasteiger partial charge < -0.3 is 15.7 Å². The van der Waals surface area contributed by atoms with E-state index in [9.17, 15) is 34.4 Å². The maximum Gasteiger partial charge on any atom is 0.303 e. The van der Waals surface area contributed by atoms with Crippen molar-refractivity contribution in [2.75, 3.05) is 26.2 Å². The second-order valence-electron chi connectivity index (χ2n) is 9.26. The van der Waals surface area contributed by atoms with Crippen LogP contribution in [-0.2, 0) is 30.4 Å². The number of nitrogens with zero attached hydrogens (tertiary/aromatic N) is 2. The highest BCUT2D eigenvalue weighted by Crippen LogP contribution is 2.05. The fourth-order valence-electron chi connectivity index (χ4n) is 3.62. The van der Waals surface area contributed by atoms with Crippen molar-refractivity contribution < 1.29 is 39.5 Å². The molecule has 0 saturated carbocycles. The van der Waals surface area contributed by atoms with E-state index in [1.165, 1.54) is 0 Å². The lowest BCUT2D eigenvalue weighted by molar-refractivity contribution is -0.166. The molecule has 218 valence electrons. The van der Waals surface area contributed by atoms with E-state index in [-0.39, 0.29) is 62.9 Å². The first-order chi connectivity index (χ1) is 18.7. The second-order valence-corrected chi connectivity index (χ2v) is 9.26. The Morgan fingerprint density at radius 1 is 0.615 bits per heavy atom. The largest absolute Gasteiger partial charge is 0.481 e. The molecule has 12 nitrogen and oxygen atoms in total. The van der Waals surface area contributed by atoms with Gasteiger partial charge in [-0.1, -0.05) is 43.2 Å². The molecule has 1 aromatic rings. The van der Waals surface area contributed by atoms with Crippen molar-refractivity contribution in [1.82, 2.24) is 20.8 Å². The third-order valence-electron chi connectivity index (χ3n) is 5.89. The van der Waals surface area contributed by atoms with E-state index >= 15 is 0 Å². The lowest BCUT2D eigenvalue weighted by Crippen LogP contribution is -2.31. The van der Waals surface area contributed by atoms with Gasteiger partial charge in [0.25, 0.3) is 0 Å². The predicted octanol–water partition coefficient (Wildman–Crippen LogP) is 2.27. The van der Waals surface area contributed by atoms with E-state index in [0.717, 1.165) is 23.5 Å². The zero-order valence-corrected chi connectivity index (χ0v) is 22.5. The molecule has 0 heterocycles. The Kier molecular flexibility index (Phi) is 17.6. The van der Waals surface area contributed by atoms with Gasteiger partial charge in [-0.05, 0) is 37.7 Å². The van der Waals surface area contributed by atoms with Crippen LogP contribution in [0.3, 0.4) is 0 Å². The molecule has 0 saturated heterocycles. The van der Waals surface area contributed by atoms with Gasteiger partial charge in [0.05, 0.1) is 12.8 Å². The highest BCUT2D eigenvalue weighted by Gasteiger charge is 2.13. The minimum Gasteiger partial charge on any atom is -0.481 e. The number of rotatable bonds is 21. The van der Waals surface area contributed by atoms with Gasteiger partial charge in [0.15, 0.2) is 0 Å². The van der Waals surface area contributed by atoms with E-state index in [0.29, 0.717) is 50.3 Å². The Labute approximate surface area is 229 Å². The van der Waals surface area contributed by atoms with Crippen molar-refractivity contribution in [3.63, 3.8) is 0 Å². The van der Waals surface area contributed by atoms with Gasteiger partial charge in [-0.2, -0.15) is 0 Å². The molecule has 0 bridgehead atoms. The predicted molar refractivity (Wildman–Crippen MR) is 142 cm³/mol.